The third-order valence-electron chi connectivity index (χ3n) is 2.41. The molecule has 1 N–H and O–H groups in total. The lowest BCUT2D eigenvalue weighted by Gasteiger charge is -2.25. The number of benzene rings is 1. The van der Waals surface area contributed by atoms with E-state index in [1.54, 1.807) is 13.2 Å². The molecule has 0 saturated carbocycles. The summed E-state index contributed by atoms with van der Waals surface area (Å²) in [6.07, 6.45) is -0.596. The molecule has 1 amide bonds. The second kappa shape index (κ2) is 5.54. The van der Waals surface area contributed by atoms with Crippen LogP contribution < -0.4 is 14.8 Å². The van der Waals surface area contributed by atoms with E-state index in [0.717, 1.165) is 0 Å². The Balaban J connectivity index is 1.91. The zero-order valence-corrected chi connectivity index (χ0v) is 9.64. The van der Waals surface area contributed by atoms with Gasteiger partial charge in [0, 0.05) is 13.7 Å². The third kappa shape index (κ3) is 2.88. The Labute approximate surface area is 99.7 Å². The lowest BCUT2D eigenvalue weighted by Crippen LogP contribution is -2.44. The predicted molar refractivity (Wildman–Crippen MR) is 61.2 cm³/mol. The van der Waals surface area contributed by atoms with E-state index in [-0.39, 0.29) is 12.5 Å². The first-order chi connectivity index (χ1) is 8.31. The second-order valence-electron chi connectivity index (χ2n) is 3.65. The molecular formula is C12H15NO4. The van der Waals surface area contributed by atoms with E-state index in [4.69, 9.17) is 14.2 Å². The van der Waals surface area contributed by atoms with Crippen molar-refractivity contribution in [1.29, 1.82) is 0 Å². The van der Waals surface area contributed by atoms with Gasteiger partial charge in [-0.15, -0.1) is 0 Å². The highest BCUT2D eigenvalue weighted by molar-refractivity contribution is 5.81. The maximum Gasteiger partial charge on any atom is 0.264 e. The van der Waals surface area contributed by atoms with Gasteiger partial charge in [-0.05, 0) is 12.1 Å². The summed E-state index contributed by atoms with van der Waals surface area (Å²) in [6, 6.07) is 7.30. The average Bonchev–Trinajstić information content (AvgIpc) is 2.38. The zero-order valence-electron chi connectivity index (χ0n) is 9.64. The van der Waals surface area contributed by atoms with E-state index in [0.29, 0.717) is 24.7 Å². The smallest absolute Gasteiger partial charge is 0.264 e. The Kier molecular flexibility index (Phi) is 3.82. The molecule has 1 aromatic carbocycles. The van der Waals surface area contributed by atoms with Crippen molar-refractivity contribution in [3.63, 3.8) is 0 Å². The minimum Gasteiger partial charge on any atom is -0.485 e. The van der Waals surface area contributed by atoms with Gasteiger partial charge in [-0.1, -0.05) is 12.1 Å². The summed E-state index contributed by atoms with van der Waals surface area (Å²) in [5.41, 5.74) is 0. The quantitative estimate of drug-likeness (QED) is 0.779. The Hall–Kier alpha value is -1.75. The van der Waals surface area contributed by atoms with E-state index < -0.39 is 6.10 Å². The van der Waals surface area contributed by atoms with Crippen LogP contribution in [-0.2, 0) is 9.53 Å². The molecule has 0 radical (unpaired) electrons. The highest BCUT2D eigenvalue weighted by atomic mass is 16.6. The number of rotatable bonds is 4. The first-order valence-electron chi connectivity index (χ1n) is 5.46. The topological polar surface area (TPSA) is 56.8 Å². The number of hydrogen-bond acceptors (Lipinski definition) is 4. The molecule has 0 spiro atoms. The summed E-state index contributed by atoms with van der Waals surface area (Å²) in [6.45, 7) is 1.18. The maximum atomic E-state index is 11.7. The highest BCUT2D eigenvalue weighted by Gasteiger charge is 2.26. The summed E-state index contributed by atoms with van der Waals surface area (Å²) < 4.78 is 15.8. The summed E-state index contributed by atoms with van der Waals surface area (Å²) in [4.78, 5) is 11.7. The van der Waals surface area contributed by atoms with Gasteiger partial charge in [-0.2, -0.15) is 0 Å². The number of fused-ring (bicyclic) bond motifs is 1. The van der Waals surface area contributed by atoms with Gasteiger partial charge in [-0.25, -0.2) is 0 Å². The largest absolute Gasteiger partial charge is 0.485 e. The van der Waals surface area contributed by atoms with Crippen molar-refractivity contribution in [1.82, 2.24) is 5.32 Å². The monoisotopic (exact) mass is 237 g/mol. The average molecular weight is 237 g/mol. The summed E-state index contributed by atoms with van der Waals surface area (Å²) >= 11 is 0. The number of carbonyl (C=O) groups excluding carboxylic acids is 1. The van der Waals surface area contributed by atoms with Crippen molar-refractivity contribution in [3.05, 3.63) is 24.3 Å². The van der Waals surface area contributed by atoms with Crippen molar-refractivity contribution in [3.8, 4) is 11.5 Å². The van der Waals surface area contributed by atoms with Crippen molar-refractivity contribution < 1.29 is 19.0 Å². The minimum atomic E-state index is -0.596. The van der Waals surface area contributed by atoms with Gasteiger partial charge in [0.2, 0.25) is 6.10 Å². The number of methoxy groups -OCH3 is 1. The predicted octanol–water partition coefficient (Wildman–Crippen LogP) is 0.589. The van der Waals surface area contributed by atoms with Crippen LogP contribution in [0, 0.1) is 0 Å². The van der Waals surface area contributed by atoms with Gasteiger partial charge >= 0.3 is 0 Å². The van der Waals surface area contributed by atoms with E-state index >= 15 is 0 Å². The fourth-order valence-electron chi connectivity index (χ4n) is 1.54. The molecule has 0 aliphatic carbocycles. The van der Waals surface area contributed by atoms with Crippen LogP contribution in [0.4, 0.5) is 0 Å². The minimum absolute atomic E-state index is 0.184. The highest BCUT2D eigenvalue weighted by Crippen LogP contribution is 2.30. The molecule has 5 heteroatoms. The molecule has 1 aliphatic heterocycles. The number of hydrogen-bond donors (Lipinski definition) is 1. The van der Waals surface area contributed by atoms with Crippen LogP contribution in [0.5, 0.6) is 11.5 Å². The van der Waals surface area contributed by atoms with Crippen molar-refractivity contribution in [2.24, 2.45) is 0 Å². The third-order valence-corrected chi connectivity index (χ3v) is 2.41. The Bertz CT molecular complexity index is 394. The molecule has 1 heterocycles. The van der Waals surface area contributed by atoms with Crippen LogP contribution in [0.1, 0.15) is 0 Å². The fraction of sp³-hybridized carbons (Fsp3) is 0.417. The zero-order chi connectivity index (χ0) is 12.1. The van der Waals surface area contributed by atoms with E-state index in [1.807, 2.05) is 18.2 Å². The summed E-state index contributed by atoms with van der Waals surface area (Å²) in [5, 5.41) is 2.72. The van der Waals surface area contributed by atoms with E-state index in [2.05, 4.69) is 5.32 Å². The molecule has 0 fully saturated rings. The van der Waals surface area contributed by atoms with Gasteiger partial charge in [0.25, 0.3) is 5.91 Å². The van der Waals surface area contributed by atoms with Crippen molar-refractivity contribution in [2.75, 3.05) is 26.9 Å². The molecule has 0 aromatic heterocycles. The molecule has 1 atom stereocenters. The van der Waals surface area contributed by atoms with Crippen LogP contribution in [0.15, 0.2) is 24.3 Å². The van der Waals surface area contributed by atoms with Crippen LogP contribution in [-0.4, -0.2) is 38.9 Å². The normalized spacial score (nSPS) is 17.6. The molecule has 0 bridgehead atoms. The Morgan fingerprint density at radius 3 is 3.00 bits per heavy atom. The SMILES string of the molecule is COCCNC(=O)C1COc2ccccc2O1. The summed E-state index contributed by atoms with van der Waals surface area (Å²) in [7, 11) is 1.59. The molecule has 2 rings (SSSR count). The van der Waals surface area contributed by atoms with E-state index in [9.17, 15) is 4.79 Å². The molecule has 92 valence electrons. The maximum absolute atomic E-state index is 11.7. The number of ether oxygens (including phenoxy) is 3. The van der Waals surface area contributed by atoms with Gasteiger partial charge in [0.1, 0.15) is 6.61 Å². The molecular weight excluding hydrogens is 222 g/mol. The molecule has 1 unspecified atom stereocenters. The first-order valence-corrected chi connectivity index (χ1v) is 5.46. The Morgan fingerprint density at radius 1 is 1.47 bits per heavy atom. The van der Waals surface area contributed by atoms with Crippen LogP contribution in [0.2, 0.25) is 0 Å². The fourth-order valence-corrected chi connectivity index (χ4v) is 1.54. The van der Waals surface area contributed by atoms with Gasteiger partial charge in [-0.3, -0.25) is 4.79 Å². The standard InChI is InChI=1S/C12H15NO4/c1-15-7-6-13-12(14)11-8-16-9-4-2-3-5-10(9)17-11/h2-5,11H,6-8H2,1H3,(H,13,14). The first kappa shape index (κ1) is 11.7. The van der Waals surface area contributed by atoms with Crippen LogP contribution >= 0.6 is 0 Å². The molecule has 1 aromatic rings. The molecule has 0 saturated heterocycles. The van der Waals surface area contributed by atoms with Crippen LogP contribution in [0.25, 0.3) is 0 Å². The second-order valence-corrected chi connectivity index (χ2v) is 3.65. The number of carbonyl (C=O) groups is 1. The lowest BCUT2D eigenvalue weighted by atomic mass is 10.2. The van der Waals surface area contributed by atoms with Gasteiger partial charge in [0.05, 0.1) is 6.61 Å². The lowest BCUT2D eigenvalue weighted by molar-refractivity contribution is -0.130. The number of amides is 1. The molecule has 17 heavy (non-hydrogen) atoms. The van der Waals surface area contributed by atoms with Crippen LogP contribution in [0.3, 0.4) is 0 Å². The van der Waals surface area contributed by atoms with E-state index in [1.165, 1.54) is 0 Å². The number of nitrogens with one attached hydrogen (secondary N) is 1. The molecule has 5 nitrogen and oxygen atoms in total. The van der Waals surface area contributed by atoms with Gasteiger partial charge in [0.15, 0.2) is 11.5 Å². The van der Waals surface area contributed by atoms with Crippen molar-refractivity contribution in [2.45, 2.75) is 6.10 Å². The molecule has 1 aliphatic rings. The van der Waals surface area contributed by atoms with Crippen molar-refractivity contribution >= 4 is 5.91 Å². The number of para-hydroxylation sites is 2. The van der Waals surface area contributed by atoms with Gasteiger partial charge < -0.3 is 19.5 Å². The Morgan fingerprint density at radius 2 is 2.24 bits per heavy atom. The summed E-state index contributed by atoms with van der Waals surface area (Å²) in [5.74, 6) is 1.09.